The lowest BCUT2D eigenvalue weighted by Crippen LogP contribution is -2.23. The molecule has 1 aliphatic heterocycles. The predicted molar refractivity (Wildman–Crippen MR) is 151 cm³/mol. The van der Waals surface area contributed by atoms with Gasteiger partial charge in [0.15, 0.2) is 5.17 Å². The van der Waals surface area contributed by atoms with Crippen LogP contribution < -0.4 is 0 Å². The zero-order valence-electron chi connectivity index (χ0n) is 19.9. The molecule has 37 heavy (non-hydrogen) atoms. The van der Waals surface area contributed by atoms with E-state index in [1.54, 1.807) is 37.4 Å². The molecule has 1 amide bonds. The van der Waals surface area contributed by atoms with Crippen LogP contribution in [0.1, 0.15) is 21.5 Å². The number of thioether (sulfide) groups is 1. The first-order valence-corrected chi connectivity index (χ1v) is 12.9. The Balaban J connectivity index is 1.46. The number of para-hydroxylation sites is 1. The second-order valence-corrected chi connectivity index (χ2v) is 10.2. The number of benzene rings is 3. The van der Waals surface area contributed by atoms with E-state index in [2.05, 4.69) is 9.56 Å². The van der Waals surface area contributed by atoms with Gasteiger partial charge in [0.1, 0.15) is 0 Å². The van der Waals surface area contributed by atoms with E-state index in [9.17, 15) is 9.59 Å². The monoisotopic (exact) mass is 549 g/mol. The first-order valence-electron chi connectivity index (χ1n) is 11.3. The van der Waals surface area contributed by atoms with Gasteiger partial charge in [0.25, 0.3) is 5.91 Å². The summed E-state index contributed by atoms with van der Waals surface area (Å²) in [7, 11) is 3.04. The molecular formula is C28H21Cl2N3O3S. The molecule has 1 aromatic heterocycles. The van der Waals surface area contributed by atoms with Crippen LogP contribution in [0.2, 0.25) is 10.0 Å². The zero-order valence-corrected chi connectivity index (χ0v) is 22.3. The molecule has 3 aromatic carbocycles. The maximum Gasteiger partial charge on any atom is 0.337 e. The number of ether oxygens (including phenoxy) is 1. The van der Waals surface area contributed by atoms with Crippen molar-refractivity contribution in [2.24, 2.45) is 4.99 Å². The summed E-state index contributed by atoms with van der Waals surface area (Å²) in [5.41, 5.74) is 3.97. The summed E-state index contributed by atoms with van der Waals surface area (Å²) in [5, 5.41) is 2.78. The number of hydrogen-bond acceptors (Lipinski definition) is 5. The summed E-state index contributed by atoms with van der Waals surface area (Å²) in [6.45, 7) is 0.564. The van der Waals surface area contributed by atoms with Gasteiger partial charge in [-0.3, -0.25) is 9.69 Å². The Labute approximate surface area is 228 Å². The van der Waals surface area contributed by atoms with Crippen molar-refractivity contribution in [2.45, 2.75) is 6.54 Å². The molecule has 0 bridgehead atoms. The standard InChI is InChI=1S/C28H21Cl2N3O3S/c1-32-26(34)25(37-28(32)31-21-11-8-17(9-12-21)27(35)36-2)13-19-16-33(24-6-4-3-5-22(19)24)15-18-7-10-20(29)14-23(18)30/h3-14,16H,15H2,1-2H3. The van der Waals surface area contributed by atoms with Crippen molar-refractivity contribution in [1.29, 1.82) is 0 Å². The number of carbonyl (C=O) groups is 2. The smallest absolute Gasteiger partial charge is 0.337 e. The Morgan fingerprint density at radius 3 is 2.57 bits per heavy atom. The number of amides is 1. The highest BCUT2D eigenvalue weighted by Gasteiger charge is 2.30. The Kier molecular flexibility index (Phi) is 7.11. The molecule has 5 rings (SSSR count). The van der Waals surface area contributed by atoms with E-state index in [1.165, 1.54) is 23.8 Å². The maximum absolute atomic E-state index is 13.1. The van der Waals surface area contributed by atoms with Gasteiger partial charge in [-0.2, -0.15) is 0 Å². The van der Waals surface area contributed by atoms with Crippen molar-refractivity contribution < 1.29 is 14.3 Å². The molecule has 0 aliphatic carbocycles. The van der Waals surface area contributed by atoms with Gasteiger partial charge in [-0.15, -0.1) is 0 Å². The summed E-state index contributed by atoms with van der Waals surface area (Å²) in [5.74, 6) is -0.544. The third-order valence-corrected chi connectivity index (χ3v) is 7.63. The Morgan fingerprint density at radius 1 is 1.08 bits per heavy atom. The number of fused-ring (bicyclic) bond motifs is 1. The SMILES string of the molecule is COC(=O)c1ccc(N=C2SC(=Cc3cn(Cc4ccc(Cl)cc4Cl)c4ccccc34)C(=O)N2C)cc1. The number of amidine groups is 1. The molecule has 0 spiro atoms. The minimum absolute atomic E-state index is 0.132. The number of halogens is 2. The molecule has 6 nitrogen and oxygen atoms in total. The summed E-state index contributed by atoms with van der Waals surface area (Å²) in [6.07, 6.45) is 3.92. The lowest BCUT2D eigenvalue weighted by molar-refractivity contribution is -0.121. The van der Waals surface area contributed by atoms with Gasteiger partial charge >= 0.3 is 5.97 Å². The van der Waals surface area contributed by atoms with Crippen LogP contribution in [0, 0.1) is 0 Å². The number of likely N-dealkylation sites (N-methyl/N-ethyl adjacent to an activating group) is 1. The van der Waals surface area contributed by atoms with E-state index in [-0.39, 0.29) is 5.91 Å². The lowest BCUT2D eigenvalue weighted by Gasteiger charge is -2.08. The molecule has 0 atom stereocenters. The molecular weight excluding hydrogens is 529 g/mol. The zero-order chi connectivity index (χ0) is 26.1. The molecule has 0 N–H and O–H groups in total. The third-order valence-electron chi connectivity index (χ3n) is 5.98. The van der Waals surface area contributed by atoms with Crippen LogP contribution in [0.15, 0.2) is 82.8 Å². The highest BCUT2D eigenvalue weighted by molar-refractivity contribution is 8.18. The maximum atomic E-state index is 13.1. The summed E-state index contributed by atoms with van der Waals surface area (Å²) in [6, 6.07) is 20.2. The average Bonchev–Trinajstić information content (AvgIpc) is 3.38. The molecule has 1 aliphatic rings. The first-order chi connectivity index (χ1) is 17.8. The molecule has 1 fully saturated rings. The van der Waals surface area contributed by atoms with E-state index in [0.717, 1.165) is 22.0 Å². The van der Waals surface area contributed by atoms with Crippen molar-refractivity contribution in [3.63, 3.8) is 0 Å². The number of hydrogen-bond donors (Lipinski definition) is 0. The quantitative estimate of drug-likeness (QED) is 0.198. The minimum atomic E-state index is -0.413. The Morgan fingerprint density at radius 2 is 1.84 bits per heavy atom. The third kappa shape index (κ3) is 5.16. The minimum Gasteiger partial charge on any atom is -0.465 e. The van der Waals surface area contributed by atoms with Crippen LogP contribution in [0.25, 0.3) is 17.0 Å². The number of nitrogens with zero attached hydrogens (tertiary/aromatic N) is 3. The fourth-order valence-corrected chi connectivity index (χ4v) is 5.49. The number of carbonyl (C=O) groups excluding carboxylic acids is 2. The van der Waals surface area contributed by atoms with Gasteiger partial charge in [-0.05, 0) is 65.9 Å². The van der Waals surface area contributed by atoms with Crippen LogP contribution in [-0.4, -0.2) is 40.7 Å². The first kappa shape index (κ1) is 25.1. The molecule has 0 radical (unpaired) electrons. The number of rotatable bonds is 5. The predicted octanol–water partition coefficient (Wildman–Crippen LogP) is 7.02. The van der Waals surface area contributed by atoms with E-state index >= 15 is 0 Å². The molecule has 9 heteroatoms. The van der Waals surface area contributed by atoms with E-state index < -0.39 is 5.97 Å². The number of aromatic nitrogens is 1. The van der Waals surface area contributed by atoms with Crippen LogP contribution >= 0.6 is 35.0 Å². The van der Waals surface area contributed by atoms with Crippen LogP contribution in [0.5, 0.6) is 0 Å². The summed E-state index contributed by atoms with van der Waals surface area (Å²) < 4.78 is 6.85. The number of aliphatic imine (C=N–C) groups is 1. The summed E-state index contributed by atoms with van der Waals surface area (Å²) >= 11 is 13.8. The van der Waals surface area contributed by atoms with Gasteiger partial charge in [0.05, 0.1) is 23.3 Å². The molecule has 0 unspecified atom stereocenters. The van der Waals surface area contributed by atoms with Gasteiger partial charge in [0, 0.05) is 46.3 Å². The molecule has 4 aromatic rings. The summed E-state index contributed by atoms with van der Waals surface area (Å²) in [4.78, 5) is 31.4. The normalized spacial score (nSPS) is 15.8. The van der Waals surface area contributed by atoms with Crippen molar-refractivity contribution >= 4 is 74.7 Å². The highest BCUT2D eigenvalue weighted by atomic mass is 35.5. The number of methoxy groups -OCH3 is 1. The average molecular weight is 550 g/mol. The topological polar surface area (TPSA) is 63.9 Å². The lowest BCUT2D eigenvalue weighted by atomic mass is 10.1. The highest BCUT2D eigenvalue weighted by Crippen LogP contribution is 2.35. The molecule has 0 saturated carbocycles. The van der Waals surface area contributed by atoms with Crippen LogP contribution in [0.3, 0.4) is 0 Å². The van der Waals surface area contributed by atoms with E-state index in [4.69, 9.17) is 27.9 Å². The second-order valence-electron chi connectivity index (χ2n) is 8.37. The molecule has 186 valence electrons. The van der Waals surface area contributed by atoms with Gasteiger partial charge < -0.3 is 9.30 Å². The second kappa shape index (κ2) is 10.5. The van der Waals surface area contributed by atoms with E-state index in [0.29, 0.717) is 37.9 Å². The number of esters is 1. The van der Waals surface area contributed by atoms with E-state index in [1.807, 2.05) is 48.7 Å². The van der Waals surface area contributed by atoms with Crippen molar-refractivity contribution in [3.8, 4) is 0 Å². The fourth-order valence-electron chi connectivity index (χ4n) is 4.05. The fraction of sp³-hybridized carbons (Fsp3) is 0.107. The van der Waals surface area contributed by atoms with Crippen molar-refractivity contribution in [1.82, 2.24) is 9.47 Å². The van der Waals surface area contributed by atoms with Crippen LogP contribution in [0.4, 0.5) is 5.69 Å². The van der Waals surface area contributed by atoms with Crippen molar-refractivity contribution in [2.75, 3.05) is 14.2 Å². The largest absolute Gasteiger partial charge is 0.465 e. The molecule has 1 saturated heterocycles. The Bertz CT molecular complexity index is 1590. The Hall–Kier alpha value is -3.52. The van der Waals surface area contributed by atoms with Gasteiger partial charge in [-0.1, -0.05) is 47.5 Å². The van der Waals surface area contributed by atoms with Gasteiger partial charge in [0.2, 0.25) is 0 Å². The van der Waals surface area contributed by atoms with Crippen LogP contribution in [-0.2, 0) is 16.1 Å². The molecule has 2 heterocycles. The van der Waals surface area contributed by atoms with Gasteiger partial charge in [-0.25, -0.2) is 9.79 Å². The van der Waals surface area contributed by atoms with Crippen molar-refractivity contribution in [3.05, 3.63) is 105 Å².